The van der Waals surface area contributed by atoms with E-state index in [1.807, 2.05) is 0 Å². The van der Waals surface area contributed by atoms with Crippen molar-refractivity contribution in [2.45, 2.75) is 32.4 Å². The standard InChI is InChI=1S/C17H28N2O/c1-14(2)11-18-12-17(15-7-5-4-6-8-15)19(3)16-9-10-20-13-16/h4-8,14,16-18H,9-13H2,1-3H3. The number of hydrogen-bond acceptors (Lipinski definition) is 3. The number of likely N-dealkylation sites (N-methyl/N-ethyl adjacent to an activating group) is 1. The second-order valence-electron chi connectivity index (χ2n) is 6.16. The zero-order valence-electron chi connectivity index (χ0n) is 13.0. The lowest BCUT2D eigenvalue weighted by Gasteiger charge is -2.33. The average Bonchev–Trinajstić information content (AvgIpc) is 2.98. The van der Waals surface area contributed by atoms with E-state index in [-0.39, 0.29) is 0 Å². The van der Waals surface area contributed by atoms with Gasteiger partial charge in [0.05, 0.1) is 6.61 Å². The summed E-state index contributed by atoms with van der Waals surface area (Å²) in [6, 6.07) is 11.8. The lowest BCUT2D eigenvalue weighted by molar-refractivity contribution is 0.130. The normalized spacial score (nSPS) is 20.8. The van der Waals surface area contributed by atoms with Crippen molar-refractivity contribution in [3.05, 3.63) is 35.9 Å². The van der Waals surface area contributed by atoms with E-state index >= 15 is 0 Å². The van der Waals surface area contributed by atoms with Crippen molar-refractivity contribution in [3.63, 3.8) is 0 Å². The van der Waals surface area contributed by atoms with E-state index in [0.717, 1.165) is 32.7 Å². The molecule has 1 aliphatic rings. The van der Waals surface area contributed by atoms with Crippen molar-refractivity contribution in [1.29, 1.82) is 0 Å². The topological polar surface area (TPSA) is 24.5 Å². The van der Waals surface area contributed by atoms with Gasteiger partial charge in [0.2, 0.25) is 0 Å². The second-order valence-corrected chi connectivity index (χ2v) is 6.16. The van der Waals surface area contributed by atoms with Gasteiger partial charge < -0.3 is 10.1 Å². The van der Waals surface area contributed by atoms with Crippen molar-refractivity contribution in [1.82, 2.24) is 10.2 Å². The lowest BCUT2D eigenvalue weighted by atomic mass is 10.0. The van der Waals surface area contributed by atoms with E-state index in [2.05, 4.69) is 61.4 Å². The summed E-state index contributed by atoms with van der Waals surface area (Å²) in [5.41, 5.74) is 1.39. The third-order valence-electron chi connectivity index (χ3n) is 4.05. The molecule has 1 N–H and O–H groups in total. The van der Waals surface area contributed by atoms with Crippen molar-refractivity contribution in [2.24, 2.45) is 5.92 Å². The molecule has 1 saturated heterocycles. The van der Waals surface area contributed by atoms with Gasteiger partial charge in [-0.25, -0.2) is 0 Å². The van der Waals surface area contributed by atoms with Crippen LogP contribution in [0.4, 0.5) is 0 Å². The largest absolute Gasteiger partial charge is 0.380 e. The molecular formula is C17H28N2O. The van der Waals surface area contributed by atoms with Crippen LogP contribution in [-0.2, 0) is 4.74 Å². The minimum Gasteiger partial charge on any atom is -0.380 e. The Bertz CT molecular complexity index is 374. The summed E-state index contributed by atoms with van der Waals surface area (Å²) < 4.78 is 5.54. The Labute approximate surface area is 123 Å². The summed E-state index contributed by atoms with van der Waals surface area (Å²) in [4.78, 5) is 2.48. The number of rotatable bonds is 7. The van der Waals surface area contributed by atoms with E-state index in [0.29, 0.717) is 18.0 Å². The van der Waals surface area contributed by atoms with Gasteiger partial charge in [-0.2, -0.15) is 0 Å². The van der Waals surface area contributed by atoms with Gasteiger partial charge in [0.15, 0.2) is 0 Å². The quantitative estimate of drug-likeness (QED) is 0.828. The van der Waals surface area contributed by atoms with Crippen LogP contribution < -0.4 is 5.32 Å². The molecule has 1 fully saturated rings. The fourth-order valence-electron chi connectivity index (χ4n) is 2.78. The Morgan fingerprint density at radius 3 is 2.60 bits per heavy atom. The summed E-state index contributed by atoms with van der Waals surface area (Å²) in [6.45, 7) is 8.32. The van der Waals surface area contributed by atoms with Crippen LogP contribution in [0.5, 0.6) is 0 Å². The van der Waals surface area contributed by atoms with E-state index in [4.69, 9.17) is 4.74 Å². The first-order valence-electron chi connectivity index (χ1n) is 7.74. The molecule has 2 atom stereocenters. The fraction of sp³-hybridized carbons (Fsp3) is 0.647. The van der Waals surface area contributed by atoms with Crippen LogP contribution in [0, 0.1) is 5.92 Å². The molecule has 2 unspecified atom stereocenters. The predicted octanol–water partition coefficient (Wildman–Crippen LogP) is 2.69. The summed E-state index contributed by atoms with van der Waals surface area (Å²) in [7, 11) is 2.23. The van der Waals surface area contributed by atoms with Gasteiger partial charge in [-0.3, -0.25) is 4.90 Å². The number of nitrogens with zero attached hydrogens (tertiary/aromatic N) is 1. The molecule has 20 heavy (non-hydrogen) atoms. The Hall–Kier alpha value is -0.900. The Balaban J connectivity index is 2.02. The van der Waals surface area contributed by atoms with Crippen LogP contribution in [0.1, 0.15) is 31.9 Å². The third kappa shape index (κ3) is 4.30. The highest BCUT2D eigenvalue weighted by atomic mass is 16.5. The van der Waals surface area contributed by atoms with Gasteiger partial charge in [-0.15, -0.1) is 0 Å². The van der Waals surface area contributed by atoms with Gasteiger partial charge in [-0.05, 0) is 31.5 Å². The highest BCUT2D eigenvalue weighted by molar-refractivity contribution is 5.19. The second kappa shape index (κ2) is 7.77. The highest BCUT2D eigenvalue weighted by Crippen LogP contribution is 2.24. The van der Waals surface area contributed by atoms with E-state index < -0.39 is 0 Å². The van der Waals surface area contributed by atoms with Crippen molar-refractivity contribution in [2.75, 3.05) is 33.4 Å². The maximum absolute atomic E-state index is 5.54. The maximum atomic E-state index is 5.54. The van der Waals surface area contributed by atoms with Crippen molar-refractivity contribution < 1.29 is 4.74 Å². The number of benzene rings is 1. The molecule has 1 aromatic carbocycles. The predicted molar refractivity (Wildman–Crippen MR) is 83.9 cm³/mol. The minimum absolute atomic E-state index is 0.418. The Morgan fingerprint density at radius 1 is 1.25 bits per heavy atom. The first-order valence-corrected chi connectivity index (χ1v) is 7.74. The van der Waals surface area contributed by atoms with Crippen molar-refractivity contribution in [3.8, 4) is 0 Å². The number of ether oxygens (including phenoxy) is 1. The number of hydrogen-bond donors (Lipinski definition) is 1. The highest BCUT2D eigenvalue weighted by Gasteiger charge is 2.27. The SMILES string of the molecule is CC(C)CNCC(c1ccccc1)N(C)C1CCOC1. The van der Waals surface area contributed by atoms with Crippen LogP contribution in [0.15, 0.2) is 30.3 Å². The molecule has 1 heterocycles. The summed E-state index contributed by atoms with van der Waals surface area (Å²) in [5, 5.41) is 3.61. The Kier molecular flexibility index (Phi) is 6.02. The van der Waals surface area contributed by atoms with Crippen LogP contribution in [0.25, 0.3) is 0 Å². The maximum Gasteiger partial charge on any atom is 0.0622 e. The molecule has 112 valence electrons. The molecule has 0 spiro atoms. The van der Waals surface area contributed by atoms with Gasteiger partial charge in [0.25, 0.3) is 0 Å². The zero-order valence-corrected chi connectivity index (χ0v) is 13.0. The smallest absolute Gasteiger partial charge is 0.0622 e. The molecule has 0 aromatic heterocycles. The Morgan fingerprint density at radius 2 is 2.00 bits per heavy atom. The van der Waals surface area contributed by atoms with Gasteiger partial charge >= 0.3 is 0 Å². The summed E-state index contributed by atoms with van der Waals surface area (Å²) in [6.07, 6.45) is 1.14. The molecule has 2 rings (SSSR count). The molecular weight excluding hydrogens is 248 g/mol. The first-order chi connectivity index (χ1) is 9.68. The van der Waals surface area contributed by atoms with Gasteiger partial charge in [0.1, 0.15) is 0 Å². The minimum atomic E-state index is 0.418. The fourth-order valence-corrected chi connectivity index (χ4v) is 2.78. The van der Waals surface area contributed by atoms with Gasteiger partial charge in [-0.1, -0.05) is 44.2 Å². The monoisotopic (exact) mass is 276 g/mol. The van der Waals surface area contributed by atoms with Crippen LogP contribution in [0.3, 0.4) is 0 Å². The van der Waals surface area contributed by atoms with Crippen LogP contribution >= 0.6 is 0 Å². The summed E-state index contributed by atoms with van der Waals surface area (Å²) >= 11 is 0. The zero-order chi connectivity index (χ0) is 14.4. The van der Waals surface area contributed by atoms with Crippen LogP contribution in [0.2, 0.25) is 0 Å². The molecule has 0 saturated carbocycles. The van der Waals surface area contributed by atoms with Crippen LogP contribution in [-0.4, -0.2) is 44.3 Å². The molecule has 0 radical (unpaired) electrons. The summed E-state index contributed by atoms with van der Waals surface area (Å²) in [5.74, 6) is 0.687. The molecule has 3 nitrogen and oxygen atoms in total. The lowest BCUT2D eigenvalue weighted by Crippen LogP contribution is -2.40. The molecule has 0 aliphatic carbocycles. The average molecular weight is 276 g/mol. The molecule has 1 aliphatic heterocycles. The molecule has 0 bridgehead atoms. The molecule has 0 amide bonds. The van der Waals surface area contributed by atoms with E-state index in [1.165, 1.54) is 5.56 Å². The molecule has 1 aromatic rings. The number of nitrogens with one attached hydrogen (secondary N) is 1. The van der Waals surface area contributed by atoms with Crippen molar-refractivity contribution >= 4 is 0 Å². The van der Waals surface area contributed by atoms with Gasteiger partial charge in [0, 0.05) is 25.2 Å². The van der Waals surface area contributed by atoms with E-state index in [1.54, 1.807) is 0 Å². The van der Waals surface area contributed by atoms with E-state index in [9.17, 15) is 0 Å². The third-order valence-corrected chi connectivity index (χ3v) is 4.05. The molecule has 3 heteroatoms. The first kappa shape index (κ1) is 15.5.